The van der Waals surface area contributed by atoms with E-state index in [1.54, 1.807) is 11.6 Å². The SMILES string of the molecule is Cc1cc(C)n([C@H](C)C(=O)NC[C@H](O)COc2ccc(F)cc2)n1. The van der Waals surface area contributed by atoms with Crippen LogP contribution in [-0.4, -0.2) is 40.0 Å². The number of carbonyl (C=O) groups excluding carboxylic acids is 1. The Balaban J connectivity index is 1.78. The highest BCUT2D eigenvalue weighted by Gasteiger charge is 2.18. The van der Waals surface area contributed by atoms with Gasteiger partial charge in [-0.15, -0.1) is 0 Å². The van der Waals surface area contributed by atoms with Crippen LogP contribution in [0.1, 0.15) is 24.4 Å². The van der Waals surface area contributed by atoms with Gasteiger partial charge in [-0.3, -0.25) is 9.48 Å². The Bertz CT molecular complexity index is 685. The smallest absolute Gasteiger partial charge is 0.244 e. The third-order valence-corrected chi connectivity index (χ3v) is 3.56. The number of aromatic nitrogens is 2. The van der Waals surface area contributed by atoms with Crippen LogP contribution in [-0.2, 0) is 4.79 Å². The molecule has 2 N–H and O–H groups in total. The average Bonchev–Trinajstić information content (AvgIpc) is 2.89. The normalized spacial score (nSPS) is 13.4. The topological polar surface area (TPSA) is 76.4 Å². The molecule has 0 radical (unpaired) electrons. The molecule has 0 saturated carbocycles. The van der Waals surface area contributed by atoms with Crippen molar-refractivity contribution in [2.24, 2.45) is 0 Å². The minimum Gasteiger partial charge on any atom is -0.491 e. The third kappa shape index (κ3) is 4.79. The van der Waals surface area contributed by atoms with Crippen LogP contribution in [0.3, 0.4) is 0 Å². The zero-order chi connectivity index (χ0) is 17.7. The lowest BCUT2D eigenvalue weighted by molar-refractivity contribution is -0.124. The van der Waals surface area contributed by atoms with Gasteiger partial charge < -0.3 is 15.2 Å². The zero-order valence-electron chi connectivity index (χ0n) is 14.0. The third-order valence-electron chi connectivity index (χ3n) is 3.56. The van der Waals surface area contributed by atoms with Crippen molar-refractivity contribution < 1.29 is 19.0 Å². The van der Waals surface area contributed by atoms with Crippen molar-refractivity contribution in [3.05, 3.63) is 47.5 Å². The summed E-state index contributed by atoms with van der Waals surface area (Å²) in [5.74, 6) is -0.131. The predicted octanol–water partition coefficient (Wildman–Crippen LogP) is 1.76. The average molecular weight is 335 g/mol. The molecule has 1 aromatic carbocycles. The van der Waals surface area contributed by atoms with Crippen molar-refractivity contribution >= 4 is 5.91 Å². The molecule has 0 bridgehead atoms. The first-order valence-electron chi connectivity index (χ1n) is 7.73. The second kappa shape index (κ2) is 7.92. The van der Waals surface area contributed by atoms with Crippen LogP contribution in [0.2, 0.25) is 0 Å². The Morgan fingerprint density at radius 3 is 2.62 bits per heavy atom. The maximum atomic E-state index is 12.8. The van der Waals surface area contributed by atoms with E-state index >= 15 is 0 Å². The Kier molecular flexibility index (Phi) is 5.92. The van der Waals surface area contributed by atoms with E-state index in [1.807, 2.05) is 19.9 Å². The van der Waals surface area contributed by atoms with Gasteiger partial charge >= 0.3 is 0 Å². The number of benzene rings is 1. The lowest BCUT2D eigenvalue weighted by Gasteiger charge is -2.17. The highest BCUT2D eigenvalue weighted by molar-refractivity contribution is 5.79. The molecule has 0 aliphatic carbocycles. The largest absolute Gasteiger partial charge is 0.491 e. The summed E-state index contributed by atoms with van der Waals surface area (Å²) in [6.07, 6.45) is -0.869. The van der Waals surface area contributed by atoms with Gasteiger partial charge in [0.1, 0.15) is 30.3 Å². The quantitative estimate of drug-likeness (QED) is 0.808. The predicted molar refractivity (Wildman–Crippen MR) is 87.3 cm³/mol. The van der Waals surface area contributed by atoms with E-state index in [9.17, 15) is 14.3 Å². The van der Waals surface area contributed by atoms with Crippen LogP contribution in [0.5, 0.6) is 5.75 Å². The summed E-state index contributed by atoms with van der Waals surface area (Å²) in [6.45, 7) is 5.56. The van der Waals surface area contributed by atoms with Gasteiger partial charge in [0.05, 0.1) is 5.69 Å². The van der Waals surface area contributed by atoms with Gasteiger partial charge in [-0.1, -0.05) is 0 Å². The lowest BCUT2D eigenvalue weighted by Crippen LogP contribution is -2.39. The molecule has 130 valence electrons. The number of aliphatic hydroxyl groups excluding tert-OH is 1. The molecule has 1 aromatic heterocycles. The molecule has 1 heterocycles. The molecular formula is C17H22FN3O3. The Labute approximate surface area is 140 Å². The number of rotatable bonds is 7. The van der Waals surface area contributed by atoms with Crippen LogP contribution in [0.4, 0.5) is 4.39 Å². The summed E-state index contributed by atoms with van der Waals surface area (Å²) in [6, 6.07) is 6.94. The fourth-order valence-electron chi connectivity index (χ4n) is 2.30. The van der Waals surface area contributed by atoms with Crippen molar-refractivity contribution in [3.8, 4) is 5.75 Å². The summed E-state index contributed by atoms with van der Waals surface area (Å²) < 4.78 is 19.8. The number of carbonyl (C=O) groups is 1. The molecule has 0 aliphatic rings. The second-order valence-electron chi connectivity index (χ2n) is 5.71. The summed E-state index contributed by atoms with van der Waals surface area (Å²) in [4.78, 5) is 12.2. The first kappa shape index (κ1) is 17.9. The van der Waals surface area contributed by atoms with Gasteiger partial charge in [0, 0.05) is 12.2 Å². The van der Waals surface area contributed by atoms with Gasteiger partial charge in [-0.05, 0) is 51.1 Å². The van der Waals surface area contributed by atoms with E-state index in [-0.39, 0.29) is 24.9 Å². The molecule has 2 rings (SSSR count). The Hall–Kier alpha value is -2.41. The molecule has 1 amide bonds. The number of hydrogen-bond donors (Lipinski definition) is 2. The van der Waals surface area contributed by atoms with Crippen LogP contribution in [0, 0.1) is 19.7 Å². The number of halogens is 1. The highest BCUT2D eigenvalue weighted by Crippen LogP contribution is 2.12. The number of aliphatic hydroxyl groups is 1. The summed E-state index contributed by atoms with van der Waals surface area (Å²) >= 11 is 0. The van der Waals surface area contributed by atoms with Gasteiger partial charge in [-0.2, -0.15) is 5.10 Å². The van der Waals surface area contributed by atoms with Gasteiger partial charge in [-0.25, -0.2) is 4.39 Å². The van der Waals surface area contributed by atoms with E-state index < -0.39 is 12.1 Å². The molecule has 6 nitrogen and oxygen atoms in total. The van der Waals surface area contributed by atoms with E-state index in [4.69, 9.17) is 4.74 Å². The molecule has 7 heteroatoms. The summed E-state index contributed by atoms with van der Waals surface area (Å²) in [7, 11) is 0. The number of amides is 1. The summed E-state index contributed by atoms with van der Waals surface area (Å²) in [5.41, 5.74) is 1.75. The molecule has 24 heavy (non-hydrogen) atoms. The zero-order valence-corrected chi connectivity index (χ0v) is 14.0. The van der Waals surface area contributed by atoms with Crippen molar-refractivity contribution in [1.82, 2.24) is 15.1 Å². The molecule has 2 atom stereocenters. The van der Waals surface area contributed by atoms with Crippen molar-refractivity contribution in [3.63, 3.8) is 0 Å². The van der Waals surface area contributed by atoms with Crippen LogP contribution in [0.25, 0.3) is 0 Å². The molecule has 0 fully saturated rings. The van der Waals surface area contributed by atoms with Crippen molar-refractivity contribution in [1.29, 1.82) is 0 Å². The van der Waals surface area contributed by atoms with Crippen molar-refractivity contribution in [2.45, 2.75) is 32.9 Å². The van der Waals surface area contributed by atoms with Crippen molar-refractivity contribution in [2.75, 3.05) is 13.2 Å². The Morgan fingerprint density at radius 1 is 1.38 bits per heavy atom. The van der Waals surface area contributed by atoms with Gasteiger partial charge in [0.25, 0.3) is 0 Å². The van der Waals surface area contributed by atoms with Gasteiger partial charge in [0.2, 0.25) is 5.91 Å². The fraction of sp³-hybridized carbons (Fsp3) is 0.412. The molecule has 0 aliphatic heterocycles. The van der Waals surface area contributed by atoms with Gasteiger partial charge in [0.15, 0.2) is 0 Å². The minimum atomic E-state index is -0.869. The minimum absolute atomic E-state index is 0.000198. The van der Waals surface area contributed by atoms with E-state index in [0.717, 1.165) is 11.4 Å². The number of nitrogens with zero attached hydrogens (tertiary/aromatic N) is 2. The van der Waals surface area contributed by atoms with E-state index in [0.29, 0.717) is 5.75 Å². The lowest BCUT2D eigenvalue weighted by atomic mass is 10.3. The molecule has 0 unspecified atom stereocenters. The molecule has 0 spiro atoms. The molecule has 2 aromatic rings. The first-order chi connectivity index (χ1) is 11.4. The fourth-order valence-corrected chi connectivity index (χ4v) is 2.30. The van der Waals surface area contributed by atoms with E-state index in [2.05, 4.69) is 10.4 Å². The number of ether oxygens (including phenoxy) is 1. The van der Waals surface area contributed by atoms with Crippen LogP contribution in [0.15, 0.2) is 30.3 Å². The first-order valence-corrected chi connectivity index (χ1v) is 7.73. The highest BCUT2D eigenvalue weighted by atomic mass is 19.1. The van der Waals surface area contributed by atoms with E-state index in [1.165, 1.54) is 24.3 Å². The summed E-state index contributed by atoms with van der Waals surface area (Å²) in [5, 5.41) is 16.8. The molecule has 0 saturated heterocycles. The number of aryl methyl sites for hydroxylation is 2. The van der Waals surface area contributed by atoms with Crippen LogP contribution < -0.4 is 10.1 Å². The Morgan fingerprint density at radius 2 is 2.04 bits per heavy atom. The van der Waals surface area contributed by atoms with Crippen LogP contribution >= 0.6 is 0 Å². The second-order valence-corrected chi connectivity index (χ2v) is 5.71. The standard InChI is InChI=1S/C17H22FN3O3/c1-11-8-12(2)21(20-11)13(3)17(23)19-9-15(22)10-24-16-6-4-14(18)5-7-16/h4-8,13,15,22H,9-10H2,1-3H3,(H,19,23)/t13-,15+/m1/s1. The number of nitrogens with one attached hydrogen (secondary N) is 1. The maximum Gasteiger partial charge on any atom is 0.244 e. The monoisotopic (exact) mass is 335 g/mol. The number of hydrogen-bond acceptors (Lipinski definition) is 4. The maximum absolute atomic E-state index is 12.8. The molecular weight excluding hydrogens is 313 g/mol.